The number of rotatable bonds is 13. The van der Waals surface area contributed by atoms with Crippen molar-refractivity contribution >= 4 is 5.91 Å². The van der Waals surface area contributed by atoms with Crippen molar-refractivity contribution in [3.05, 3.63) is 0 Å². The largest absolute Gasteiger partial charge is 0.353 e. The van der Waals surface area contributed by atoms with Crippen molar-refractivity contribution in [1.29, 1.82) is 0 Å². The van der Waals surface area contributed by atoms with Crippen LogP contribution in [0.1, 0.15) is 97.8 Å². The van der Waals surface area contributed by atoms with Crippen LogP contribution in [-0.2, 0) is 4.79 Å². The number of amides is 1. The molecule has 0 aliphatic carbocycles. The lowest BCUT2D eigenvalue weighted by Gasteiger charge is -2.14. The van der Waals surface area contributed by atoms with Gasteiger partial charge in [0, 0.05) is 12.5 Å². The minimum absolute atomic E-state index is 0.247. The van der Waals surface area contributed by atoms with Gasteiger partial charge in [-0.3, -0.25) is 4.79 Å². The van der Waals surface area contributed by atoms with Gasteiger partial charge in [0.15, 0.2) is 0 Å². The molecule has 0 saturated carbocycles. The van der Waals surface area contributed by atoms with E-state index in [9.17, 15) is 4.79 Å². The van der Waals surface area contributed by atoms with Gasteiger partial charge in [-0.1, -0.05) is 72.1 Å². The number of unbranched alkanes of at least 4 members (excludes halogenated alkanes) is 8. The fraction of sp³-hybridized carbons (Fsp3) is 0.941. The van der Waals surface area contributed by atoms with Crippen LogP contribution in [0.15, 0.2) is 0 Å². The lowest BCUT2D eigenvalue weighted by atomic mass is 10.1. The molecule has 1 amide bonds. The van der Waals surface area contributed by atoms with Crippen molar-refractivity contribution in [2.75, 3.05) is 0 Å². The molecule has 0 atom stereocenters. The normalized spacial score (nSPS) is 10.9. The molecule has 19 heavy (non-hydrogen) atoms. The molecule has 0 unspecified atom stereocenters. The first kappa shape index (κ1) is 18.5. The summed E-state index contributed by atoms with van der Waals surface area (Å²) in [5.41, 5.74) is 0. The minimum atomic E-state index is 0.247. The molecule has 0 aromatic rings. The Kier molecular flexibility index (Phi) is 13.5. The topological polar surface area (TPSA) is 29.1 Å². The van der Waals surface area contributed by atoms with Gasteiger partial charge in [0.25, 0.3) is 0 Å². The number of carbonyl (C=O) groups excluding carboxylic acids is 1. The number of hydrogen-bond donors (Lipinski definition) is 1. The zero-order chi connectivity index (χ0) is 14.3. The molecule has 0 aromatic heterocycles. The minimum Gasteiger partial charge on any atom is -0.353 e. The molecular formula is C17H35NO. The third-order valence-electron chi connectivity index (χ3n) is 3.86. The molecule has 1 N–H and O–H groups in total. The maximum absolute atomic E-state index is 11.7. The van der Waals surface area contributed by atoms with Gasteiger partial charge in [0.05, 0.1) is 0 Å². The molecule has 0 saturated heterocycles. The van der Waals surface area contributed by atoms with E-state index in [0.29, 0.717) is 12.5 Å². The van der Waals surface area contributed by atoms with E-state index >= 15 is 0 Å². The molecule has 0 radical (unpaired) electrons. The van der Waals surface area contributed by atoms with Crippen LogP contribution in [0, 0.1) is 0 Å². The third-order valence-corrected chi connectivity index (χ3v) is 3.86. The Labute approximate surface area is 120 Å². The molecule has 0 aliphatic heterocycles. The van der Waals surface area contributed by atoms with E-state index in [2.05, 4.69) is 26.1 Å². The summed E-state index contributed by atoms with van der Waals surface area (Å²) in [6.45, 7) is 6.52. The van der Waals surface area contributed by atoms with Crippen LogP contribution in [-0.4, -0.2) is 11.9 Å². The molecule has 0 fully saturated rings. The van der Waals surface area contributed by atoms with Crippen LogP contribution in [0.3, 0.4) is 0 Å². The highest BCUT2D eigenvalue weighted by molar-refractivity contribution is 5.76. The molecule has 0 bridgehead atoms. The summed E-state index contributed by atoms with van der Waals surface area (Å²) in [7, 11) is 0. The standard InChI is InChI=1S/C17H35NO/c1-4-7-8-9-10-11-12-13-14-15-17(19)18-16(5-2)6-3/h16H,4-15H2,1-3H3,(H,18,19). The summed E-state index contributed by atoms with van der Waals surface area (Å²) in [5, 5.41) is 3.10. The molecule has 2 nitrogen and oxygen atoms in total. The second-order valence-electron chi connectivity index (χ2n) is 5.66. The fourth-order valence-corrected chi connectivity index (χ4v) is 2.39. The summed E-state index contributed by atoms with van der Waals surface area (Å²) in [6.07, 6.45) is 14.6. The summed E-state index contributed by atoms with van der Waals surface area (Å²) >= 11 is 0. The van der Waals surface area contributed by atoms with E-state index in [-0.39, 0.29) is 5.91 Å². The average molecular weight is 269 g/mol. The smallest absolute Gasteiger partial charge is 0.220 e. The Morgan fingerprint density at radius 1 is 0.789 bits per heavy atom. The van der Waals surface area contributed by atoms with Crippen LogP contribution < -0.4 is 5.32 Å². The monoisotopic (exact) mass is 269 g/mol. The summed E-state index contributed by atoms with van der Waals surface area (Å²) in [5.74, 6) is 0.247. The van der Waals surface area contributed by atoms with E-state index in [1.165, 1.54) is 51.4 Å². The molecule has 114 valence electrons. The highest BCUT2D eigenvalue weighted by atomic mass is 16.1. The second kappa shape index (κ2) is 13.9. The van der Waals surface area contributed by atoms with Crippen molar-refractivity contribution in [3.8, 4) is 0 Å². The van der Waals surface area contributed by atoms with Crippen molar-refractivity contribution in [3.63, 3.8) is 0 Å². The van der Waals surface area contributed by atoms with Gasteiger partial charge in [-0.05, 0) is 19.3 Å². The quantitative estimate of drug-likeness (QED) is 0.457. The first-order valence-electron chi connectivity index (χ1n) is 8.53. The first-order chi connectivity index (χ1) is 9.24. The fourth-order valence-electron chi connectivity index (χ4n) is 2.39. The highest BCUT2D eigenvalue weighted by Gasteiger charge is 2.07. The van der Waals surface area contributed by atoms with Gasteiger partial charge in [0.2, 0.25) is 5.91 Å². The lowest BCUT2D eigenvalue weighted by Crippen LogP contribution is -2.33. The number of carbonyl (C=O) groups is 1. The van der Waals surface area contributed by atoms with E-state index in [4.69, 9.17) is 0 Å². The predicted molar refractivity (Wildman–Crippen MR) is 84.4 cm³/mol. The molecule has 0 rings (SSSR count). The Bertz CT molecular complexity index is 199. The van der Waals surface area contributed by atoms with E-state index in [1.807, 2.05) is 0 Å². The van der Waals surface area contributed by atoms with Crippen molar-refractivity contribution in [2.45, 2.75) is 104 Å². The summed E-state index contributed by atoms with van der Waals surface area (Å²) in [6, 6.07) is 0.381. The Hall–Kier alpha value is -0.530. The SMILES string of the molecule is CCCCCCCCCCCC(=O)NC(CC)CC. The Morgan fingerprint density at radius 3 is 1.74 bits per heavy atom. The molecular weight excluding hydrogens is 234 g/mol. The van der Waals surface area contributed by atoms with Gasteiger partial charge in [0.1, 0.15) is 0 Å². The van der Waals surface area contributed by atoms with Gasteiger partial charge >= 0.3 is 0 Å². The van der Waals surface area contributed by atoms with Crippen LogP contribution in [0.4, 0.5) is 0 Å². The zero-order valence-electron chi connectivity index (χ0n) is 13.5. The first-order valence-corrected chi connectivity index (χ1v) is 8.53. The Balaban J connectivity index is 3.27. The molecule has 0 spiro atoms. The summed E-state index contributed by atoms with van der Waals surface area (Å²) < 4.78 is 0. The van der Waals surface area contributed by atoms with Gasteiger partial charge in [-0.15, -0.1) is 0 Å². The van der Waals surface area contributed by atoms with Crippen molar-refractivity contribution in [2.24, 2.45) is 0 Å². The Morgan fingerprint density at radius 2 is 1.26 bits per heavy atom. The van der Waals surface area contributed by atoms with Gasteiger partial charge < -0.3 is 5.32 Å². The molecule has 2 heteroatoms. The van der Waals surface area contributed by atoms with E-state index in [1.54, 1.807) is 0 Å². The maximum Gasteiger partial charge on any atom is 0.220 e. The molecule has 0 heterocycles. The maximum atomic E-state index is 11.7. The van der Waals surface area contributed by atoms with Crippen LogP contribution in [0.25, 0.3) is 0 Å². The number of hydrogen-bond acceptors (Lipinski definition) is 1. The molecule has 0 aromatic carbocycles. The van der Waals surface area contributed by atoms with Crippen LogP contribution >= 0.6 is 0 Å². The van der Waals surface area contributed by atoms with Crippen molar-refractivity contribution in [1.82, 2.24) is 5.32 Å². The van der Waals surface area contributed by atoms with Crippen LogP contribution in [0.2, 0.25) is 0 Å². The van der Waals surface area contributed by atoms with E-state index < -0.39 is 0 Å². The van der Waals surface area contributed by atoms with Gasteiger partial charge in [-0.2, -0.15) is 0 Å². The highest BCUT2D eigenvalue weighted by Crippen LogP contribution is 2.10. The average Bonchev–Trinajstić information content (AvgIpc) is 2.43. The summed E-state index contributed by atoms with van der Waals surface area (Å²) in [4.78, 5) is 11.7. The zero-order valence-corrected chi connectivity index (χ0v) is 13.5. The molecule has 0 aliphatic rings. The lowest BCUT2D eigenvalue weighted by molar-refractivity contribution is -0.121. The van der Waals surface area contributed by atoms with E-state index in [0.717, 1.165) is 19.3 Å². The number of nitrogens with one attached hydrogen (secondary N) is 1. The van der Waals surface area contributed by atoms with Gasteiger partial charge in [-0.25, -0.2) is 0 Å². The third kappa shape index (κ3) is 12.3. The van der Waals surface area contributed by atoms with Crippen LogP contribution in [0.5, 0.6) is 0 Å². The van der Waals surface area contributed by atoms with Crippen molar-refractivity contribution < 1.29 is 4.79 Å². The predicted octanol–water partition coefficient (Wildman–Crippen LogP) is 5.21. The second-order valence-corrected chi connectivity index (χ2v) is 5.66.